The summed E-state index contributed by atoms with van der Waals surface area (Å²) in [4.78, 5) is 20.2. The van der Waals surface area contributed by atoms with Crippen LogP contribution in [0.4, 0.5) is 5.69 Å². The molecule has 0 N–H and O–H groups in total. The molecule has 6 heteroatoms. The molecule has 0 saturated carbocycles. The first-order chi connectivity index (χ1) is 13.7. The third-order valence-corrected chi connectivity index (χ3v) is 5.32. The first-order valence-corrected chi connectivity index (χ1v) is 10.7. The third-order valence-electron chi connectivity index (χ3n) is 4.82. The molecule has 3 aromatic rings. The molecule has 0 radical (unpaired) electrons. The molecule has 1 heterocycles. The molecule has 0 fully saturated rings. The van der Waals surface area contributed by atoms with Crippen LogP contribution in [0.1, 0.15) is 46.0 Å². The second kappa shape index (κ2) is 8.49. The number of benzene rings is 2. The third kappa shape index (κ3) is 4.58. The maximum atomic E-state index is 13.2. The fourth-order valence-corrected chi connectivity index (χ4v) is 3.59. The van der Waals surface area contributed by atoms with Gasteiger partial charge in [0.15, 0.2) is 0 Å². The Morgan fingerprint density at radius 2 is 1.76 bits per heavy atom. The molecule has 0 spiro atoms. The van der Waals surface area contributed by atoms with Crippen LogP contribution in [-0.4, -0.2) is 29.0 Å². The topological polar surface area (TPSA) is 50.5 Å². The zero-order valence-corrected chi connectivity index (χ0v) is 19.2. The summed E-state index contributed by atoms with van der Waals surface area (Å²) in [5.41, 5.74) is 2.29. The van der Waals surface area contributed by atoms with Gasteiger partial charge in [0.25, 0.3) is 5.56 Å². The highest BCUT2D eigenvalue weighted by atomic mass is 79.9. The van der Waals surface area contributed by atoms with Crippen molar-refractivity contribution in [2.45, 2.75) is 40.0 Å². The monoisotopic (exact) mass is 454 g/mol. The van der Waals surface area contributed by atoms with Gasteiger partial charge < -0.3 is 4.90 Å². The summed E-state index contributed by atoms with van der Waals surface area (Å²) < 4.78 is 2.27. The smallest absolute Gasteiger partial charge is 0.282 e. The van der Waals surface area contributed by atoms with Gasteiger partial charge in [0.1, 0.15) is 5.82 Å². The number of hydrogen-bond donors (Lipinski definition) is 0. The lowest BCUT2D eigenvalue weighted by Crippen LogP contribution is -2.29. The first-order valence-electron chi connectivity index (χ1n) is 9.86. The van der Waals surface area contributed by atoms with Crippen molar-refractivity contribution in [2.75, 3.05) is 18.0 Å². The highest BCUT2D eigenvalue weighted by molar-refractivity contribution is 9.10. The maximum Gasteiger partial charge on any atom is 0.282 e. The minimum Gasteiger partial charge on any atom is -0.372 e. The highest BCUT2D eigenvalue weighted by Crippen LogP contribution is 2.23. The summed E-state index contributed by atoms with van der Waals surface area (Å²) in [5, 5.41) is 5.07. The van der Waals surface area contributed by atoms with Gasteiger partial charge in [-0.3, -0.25) is 4.79 Å². The Morgan fingerprint density at radius 1 is 1.10 bits per heavy atom. The quantitative estimate of drug-likeness (QED) is 0.498. The average molecular weight is 455 g/mol. The molecule has 2 aromatic carbocycles. The number of fused-ring (bicyclic) bond motifs is 1. The molecular weight excluding hydrogens is 428 g/mol. The molecule has 0 amide bonds. The lowest BCUT2D eigenvalue weighted by atomic mass is 9.95. The van der Waals surface area contributed by atoms with Gasteiger partial charge in [-0.1, -0.05) is 48.8 Å². The fourth-order valence-electron chi connectivity index (χ4n) is 3.23. The van der Waals surface area contributed by atoms with Crippen LogP contribution in [0.5, 0.6) is 0 Å². The summed E-state index contributed by atoms with van der Waals surface area (Å²) in [5.74, 6) is 0.633. The molecule has 0 aliphatic heterocycles. The minimum absolute atomic E-state index is 0.169. The number of rotatable bonds is 5. The fraction of sp³-hybridized carbons (Fsp3) is 0.348. The Kier molecular flexibility index (Phi) is 6.22. The molecule has 3 rings (SSSR count). The molecule has 0 atom stereocenters. The summed E-state index contributed by atoms with van der Waals surface area (Å²) in [6.07, 6.45) is 1.72. The molecule has 0 saturated heterocycles. The normalized spacial score (nSPS) is 12.1. The number of nitrogens with zero attached hydrogens (tertiary/aromatic N) is 4. The van der Waals surface area contributed by atoms with E-state index < -0.39 is 0 Å². The molecule has 0 unspecified atom stereocenters. The molecule has 1 aromatic heterocycles. The van der Waals surface area contributed by atoms with Crippen molar-refractivity contribution >= 4 is 38.7 Å². The van der Waals surface area contributed by atoms with Crippen LogP contribution in [0.2, 0.25) is 0 Å². The van der Waals surface area contributed by atoms with Crippen molar-refractivity contribution in [3.05, 3.63) is 68.7 Å². The molecule has 0 aliphatic rings. The van der Waals surface area contributed by atoms with Gasteiger partial charge in [0.05, 0.1) is 17.1 Å². The minimum atomic E-state index is -0.329. The van der Waals surface area contributed by atoms with Crippen molar-refractivity contribution in [3.63, 3.8) is 0 Å². The Labute approximate surface area is 180 Å². The van der Waals surface area contributed by atoms with E-state index in [1.807, 2.05) is 45.0 Å². The number of anilines is 1. The van der Waals surface area contributed by atoms with E-state index in [1.165, 1.54) is 10.4 Å². The Morgan fingerprint density at radius 3 is 2.34 bits per heavy atom. The second-order valence-corrected chi connectivity index (χ2v) is 8.89. The Hall–Kier alpha value is -2.47. The first kappa shape index (κ1) is 21.2. The molecule has 5 nitrogen and oxygen atoms in total. The van der Waals surface area contributed by atoms with Crippen LogP contribution in [0.3, 0.4) is 0 Å². The summed E-state index contributed by atoms with van der Waals surface area (Å²) in [7, 11) is 0. The van der Waals surface area contributed by atoms with Crippen LogP contribution in [-0.2, 0) is 5.41 Å². The van der Waals surface area contributed by atoms with E-state index in [4.69, 9.17) is 4.98 Å². The van der Waals surface area contributed by atoms with Crippen molar-refractivity contribution < 1.29 is 0 Å². The lowest BCUT2D eigenvalue weighted by molar-refractivity contribution is 0.506. The average Bonchev–Trinajstić information content (AvgIpc) is 2.68. The van der Waals surface area contributed by atoms with Gasteiger partial charge in [-0.15, -0.1) is 0 Å². The van der Waals surface area contributed by atoms with Crippen molar-refractivity contribution in [1.82, 2.24) is 9.66 Å². The van der Waals surface area contributed by atoms with Gasteiger partial charge in [-0.2, -0.15) is 9.78 Å². The zero-order chi connectivity index (χ0) is 21.2. The van der Waals surface area contributed by atoms with Crippen LogP contribution in [0.15, 0.2) is 56.8 Å². The predicted octanol–water partition coefficient (Wildman–Crippen LogP) is 5.18. The van der Waals surface area contributed by atoms with Gasteiger partial charge >= 0.3 is 0 Å². The number of halogens is 1. The van der Waals surface area contributed by atoms with Gasteiger partial charge in [0.2, 0.25) is 0 Å². The summed E-state index contributed by atoms with van der Waals surface area (Å²) in [6.45, 7) is 12.3. The van der Waals surface area contributed by atoms with E-state index in [0.717, 1.165) is 23.1 Å². The number of aromatic nitrogens is 2. The molecule has 152 valence electrons. The van der Waals surface area contributed by atoms with Crippen molar-refractivity contribution in [3.8, 4) is 0 Å². The Balaban J connectivity index is 2.06. The SMILES string of the molecule is CCN(CC)c1ccc(C=Nn2c(C(C)(C)C)nc3ccc(Br)cc3c2=O)cc1. The second-order valence-electron chi connectivity index (χ2n) is 7.97. The highest BCUT2D eigenvalue weighted by Gasteiger charge is 2.22. The largest absolute Gasteiger partial charge is 0.372 e. The van der Waals surface area contributed by atoms with Crippen molar-refractivity contribution in [2.24, 2.45) is 5.10 Å². The van der Waals surface area contributed by atoms with E-state index in [2.05, 4.69) is 51.9 Å². The molecular formula is C23H27BrN4O. The van der Waals surface area contributed by atoms with Gasteiger partial charge in [-0.25, -0.2) is 4.98 Å². The van der Waals surface area contributed by atoms with E-state index in [9.17, 15) is 4.79 Å². The van der Waals surface area contributed by atoms with E-state index in [0.29, 0.717) is 16.7 Å². The van der Waals surface area contributed by atoms with Crippen LogP contribution in [0.25, 0.3) is 10.9 Å². The van der Waals surface area contributed by atoms with E-state index in [-0.39, 0.29) is 11.0 Å². The summed E-state index contributed by atoms with van der Waals surface area (Å²) >= 11 is 3.44. The van der Waals surface area contributed by atoms with Crippen LogP contribution >= 0.6 is 15.9 Å². The molecule has 0 bridgehead atoms. The van der Waals surface area contributed by atoms with E-state index in [1.54, 1.807) is 12.3 Å². The van der Waals surface area contributed by atoms with E-state index >= 15 is 0 Å². The summed E-state index contributed by atoms with van der Waals surface area (Å²) in [6, 6.07) is 13.7. The maximum absolute atomic E-state index is 13.2. The predicted molar refractivity (Wildman–Crippen MR) is 125 cm³/mol. The van der Waals surface area contributed by atoms with Crippen molar-refractivity contribution in [1.29, 1.82) is 0 Å². The van der Waals surface area contributed by atoms with Gasteiger partial charge in [0, 0.05) is 28.7 Å². The Bertz CT molecular complexity index is 1090. The molecule has 0 aliphatic carbocycles. The standard InChI is InChI=1S/C23H27BrN4O/c1-6-27(7-2)18-11-8-16(9-12-18)15-25-28-21(29)19-14-17(24)10-13-20(19)26-22(28)23(3,4)5/h8-15H,6-7H2,1-5H3. The van der Waals surface area contributed by atoms with Gasteiger partial charge in [-0.05, 0) is 49.7 Å². The lowest BCUT2D eigenvalue weighted by Gasteiger charge is -2.21. The van der Waals surface area contributed by atoms with Crippen LogP contribution in [0, 0.1) is 0 Å². The molecule has 29 heavy (non-hydrogen) atoms. The van der Waals surface area contributed by atoms with Crippen LogP contribution < -0.4 is 10.5 Å². The zero-order valence-electron chi connectivity index (χ0n) is 17.6. The number of hydrogen-bond acceptors (Lipinski definition) is 4.